The first-order valence-electron chi connectivity index (χ1n) is 8.46. The smallest absolute Gasteiger partial charge is 0.0551 e. The van der Waals surface area contributed by atoms with Crippen molar-refractivity contribution in [1.29, 1.82) is 0 Å². The molecule has 1 heterocycles. The molecule has 1 nitrogen and oxygen atoms in total. The number of H-pyrrole nitrogens is 1. The zero-order valence-electron chi connectivity index (χ0n) is 13.8. The normalized spacial score (nSPS) is 11.5. The van der Waals surface area contributed by atoms with Crippen molar-refractivity contribution >= 4 is 55.5 Å². The van der Waals surface area contributed by atoms with E-state index >= 15 is 0 Å². The molecule has 5 rings (SSSR count). The summed E-state index contributed by atoms with van der Waals surface area (Å²) in [6.45, 7) is 8.10. The van der Waals surface area contributed by atoms with E-state index in [1.54, 1.807) is 0 Å². The van der Waals surface area contributed by atoms with Gasteiger partial charge in [-0.15, -0.1) is 0 Å². The fraction of sp³-hybridized carbons (Fsp3) is 0. The van der Waals surface area contributed by atoms with Crippen LogP contribution in [0.3, 0.4) is 0 Å². The van der Waals surface area contributed by atoms with Crippen molar-refractivity contribution < 1.29 is 0 Å². The van der Waals surface area contributed by atoms with Gasteiger partial charge in [0.2, 0.25) is 0 Å². The number of aromatic amines is 1. The summed E-state index contributed by atoms with van der Waals surface area (Å²) in [5.74, 6) is 0. The van der Waals surface area contributed by atoms with Gasteiger partial charge in [0, 0.05) is 21.7 Å². The van der Waals surface area contributed by atoms with Crippen molar-refractivity contribution in [1.82, 2.24) is 4.98 Å². The third-order valence-corrected chi connectivity index (χ3v) is 5.15. The summed E-state index contributed by atoms with van der Waals surface area (Å²) in [6.07, 6.45) is 3.87. The molecule has 0 amide bonds. The van der Waals surface area contributed by atoms with E-state index in [1.807, 2.05) is 12.2 Å². The van der Waals surface area contributed by atoms with E-state index in [4.69, 9.17) is 0 Å². The summed E-state index contributed by atoms with van der Waals surface area (Å²) < 4.78 is 0. The van der Waals surface area contributed by atoms with Gasteiger partial charge in [-0.05, 0) is 21.7 Å². The number of aromatic nitrogens is 1. The lowest BCUT2D eigenvalue weighted by Gasteiger charge is -2.10. The van der Waals surface area contributed by atoms with E-state index in [9.17, 15) is 0 Å². The molecular weight excluding hydrogens is 302 g/mol. The lowest BCUT2D eigenvalue weighted by Crippen LogP contribution is -1.87. The Morgan fingerprint density at radius 2 is 1.28 bits per heavy atom. The molecule has 0 bridgehead atoms. The second kappa shape index (κ2) is 5.09. The Morgan fingerprint density at radius 1 is 0.600 bits per heavy atom. The lowest BCUT2D eigenvalue weighted by molar-refractivity contribution is 1.55. The number of hydrogen-bond donors (Lipinski definition) is 1. The highest BCUT2D eigenvalue weighted by molar-refractivity contribution is 6.27. The zero-order valence-corrected chi connectivity index (χ0v) is 13.8. The molecule has 0 aliphatic rings. The number of nitrogens with one attached hydrogen (secondary N) is 1. The Balaban J connectivity index is 2.16. The predicted octanol–water partition coefficient (Wildman–Crippen LogP) is 6.91. The summed E-state index contributed by atoms with van der Waals surface area (Å²) >= 11 is 0. The second-order valence-corrected chi connectivity index (χ2v) is 6.37. The molecule has 0 saturated heterocycles. The van der Waals surface area contributed by atoms with Crippen molar-refractivity contribution in [2.75, 3.05) is 0 Å². The largest absolute Gasteiger partial charge is 0.353 e. The van der Waals surface area contributed by atoms with E-state index in [0.717, 1.165) is 16.6 Å². The maximum Gasteiger partial charge on any atom is 0.0551 e. The van der Waals surface area contributed by atoms with Crippen LogP contribution >= 0.6 is 0 Å². The average molecular weight is 319 g/mol. The molecule has 1 heteroatoms. The summed E-state index contributed by atoms with van der Waals surface area (Å²) in [5.41, 5.74) is 4.57. The summed E-state index contributed by atoms with van der Waals surface area (Å²) in [4.78, 5) is 3.69. The average Bonchev–Trinajstić information content (AvgIpc) is 3.06. The van der Waals surface area contributed by atoms with Crippen molar-refractivity contribution in [2.24, 2.45) is 0 Å². The molecule has 4 aromatic carbocycles. The van der Waals surface area contributed by atoms with Crippen molar-refractivity contribution in [3.05, 3.63) is 84.9 Å². The Kier molecular flexibility index (Phi) is 2.86. The molecule has 0 fully saturated rings. The van der Waals surface area contributed by atoms with Crippen LogP contribution in [0.5, 0.6) is 0 Å². The van der Waals surface area contributed by atoms with E-state index in [0.29, 0.717) is 0 Å². The van der Waals surface area contributed by atoms with Crippen LogP contribution in [0.4, 0.5) is 0 Å². The first-order valence-corrected chi connectivity index (χ1v) is 8.46. The quantitative estimate of drug-likeness (QED) is 0.364. The number of fused-ring (bicyclic) bond motifs is 7. The molecule has 0 radical (unpaired) electrons. The van der Waals surface area contributed by atoms with Crippen molar-refractivity contribution in [2.45, 2.75) is 0 Å². The molecule has 5 aromatic rings. The van der Waals surface area contributed by atoms with Gasteiger partial charge >= 0.3 is 0 Å². The fourth-order valence-corrected chi connectivity index (χ4v) is 4.07. The van der Waals surface area contributed by atoms with Crippen LogP contribution in [0.15, 0.2) is 73.8 Å². The highest BCUT2D eigenvalue weighted by Crippen LogP contribution is 2.40. The van der Waals surface area contributed by atoms with E-state index in [2.05, 4.69) is 78.8 Å². The molecule has 0 unspecified atom stereocenters. The van der Waals surface area contributed by atoms with Crippen LogP contribution in [0.25, 0.3) is 55.5 Å². The van der Waals surface area contributed by atoms with Crippen molar-refractivity contribution in [3.63, 3.8) is 0 Å². The van der Waals surface area contributed by atoms with Gasteiger partial charge in [0.1, 0.15) is 0 Å². The first kappa shape index (κ1) is 14.1. The Bertz CT molecular complexity index is 1320. The summed E-state index contributed by atoms with van der Waals surface area (Å²) in [5, 5.41) is 7.47. The van der Waals surface area contributed by atoms with Crippen molar-refractivity contribution in [3.8, 4) is 0 Å². The molecule has 1 aromatic heterocycles. The van der Waals surface area contributed by atoms with E-state index < -0.39 is 0 Å². The van der Waals surface area contributed by atoms with E-state index in [1.165, 1.54) is 37.8 Å². The fourth-order valence-electron chi connectivity index (χ4n) is 4.07. The van der Waals surface area contributed by atoms with Gasteiger partial charge in [0.05, 0.1) is 11.0 Å². The van der Waals surface area contributed by atoms with Gasteiger partial charge in [-0.3, -0.25) is 0 Å². The number of benzene rings is 4. The second-order valence-electron chi connectivity index (χ2n) is 6.37. The summed E-state index contributed by atoms with van der Waals surface area (Å²) in [7, 11) is 0. The van der Waals surface area contributed by atoms with Gasteiger partial charge < -0.3 is 4.98 Å². The van der Waals surface area contributed by atoms with E-state index in [-0.39, 0.29) is 0 Å². The standard InChI is InChI=1S/C24H17N/c1-3-16-17(4-2)24-22(20-12-8-7-11-19(16)20)21-14-13-15-9-5-6-10-18(15)23(21)25-24/h3-14,25H,1-2H2. The highest BCUT2D eigenvalue weighted by atomic mass is 14.7. The highest BCUT2D eigenvalue weighted by Gasteiger charge is 2.16. The minimum absolute atomic E-state index is 1.11. The van der Waals surface area contributed by atoms with Crippen LogP contribution in [-0.2, 0) is 0 Å². The van der Waals surface area contributed by atoms with Gasteiger partial charge in [-0.1, -0.05) is 86.0 Å². The van der Waals surface area contributed by atoms with Crippen LogP contribution in [0.2, 0.25) is 0 Å². The predicted molar refractivity (Wildman–Crippen MR) is 111 cm³/mol. The SMILES string of the molecule is C=Cc1c(C=C)c2[nH]c3c4ccccc4ccc3c2c2ccccc12. The van der Waals surface area contributed by atoms with Gasteiger partial charge in [-0.25, -0.2) is 0 Å². The Labute approximate surface area is 145 Å². The zero-order chi connectivity index (χ0) is 17.0. The lowest BCUT2D eigenvalue weighted by atomic mass is 9.94. The van der Waals surface area contributed by atoms with Crippen LogP contribution in [-0.4, -0.2) is 4.98 Å². The molecule has 0 saturated carbocycles. The van der Waals surface area contributed by atoms with Gasteiger partial charge in [-0.2, -0.15) is 0 Å². The Hall–Kier alpha value is -3.32. The third-order valence-electron chi connectivity index (χ3n) is 5.15. The molecule has 0 spiro atoms. The number of rotatable bonds is 2. The van der Waals surface area contributed by atoms with Gasteiger partial charge in [0.15, 0.2) is 0 Å². The molecule has 0 aliphatic heterocycles. The summed E-state index contributed by atoms with van der Waals surface area (Å²) in [6, 6.07) is 21.5. The van der Waals surface area contributed by atoms with Crippen LogP contribution in [0, 0.1) is 0 Å². The first-order chi connectivity index (χ1) is 12.3. The Morgan fingerprint density at radius 3 is 2.04 bits per heavy atom. The van der Waals surface area contributed by atoms with Crippen LogP contribution in [0.1, 0.15) is 11.1 Å². The van der Waals surface area contributed by atoms with Crippen LogP contribution < -0.4 is 0 Å². The minimum atomic E-state index is 1.11. The monoisotopic (exact) mass is 319 g/mol. The maximum atomic E-state index is 4.06. The molecule has 25 heavy (non-hydrogen) atoms. The molecular formula is C24H17N. The topological polar surface area (TPSA) is 15.8 Å². The molecule has 0 atom stereocenters. The third kappa shape index (κ3) is 1.78. The maximum absolute atomic E-state index is 4.06. The minimum Gasteiger partial charge on any atom is -0.353 e. The van der Waals surface area contributed by atoms with Gasteiger partial charge in [0.25, 0.3) is 0 Å². The molecule has 0 aliphatic carbocycles. The molecule has 118 valence electrons. The number of hydrogen-bond acceptors (Lipinski definition) is 0. The molecule has 1 N–H and O–H groups in total.